The zero-order valence-electron chi connectivity index (χ0n) is 25.2. The highest BCUT2D eigenvalue weighted by molar-refractivity contribution is 6.33. The van der Waals surface area contributed by atoms with E-state index in [-0.39, 0.29) is 35.0 Å². The molecule has 3 heterocycles. The van der Waals surface area contributed by atoms with Crippen LogP contribution in [-0.2, 0) is 30.8 Å². The monoisotopic (exact) mass is 716 g/mol. The van der Waals surface area contributed by atoms with E-state index in [0.29, 0.717) is 33.4 Å². The first-order valence-corrected chi connectivity index (χ1v) is 15.7. The maximum atomic E-state index is 15.1. The van der Waals surface area contributed by atoms with Gasteiger partial charge >= 0.3 is 6.18 Å². The number of benzene rings is 2. The van der Waals surface area contributed by atoms with Crippen LogP contribution >= 0.6 is 23.2 Å². The largest absolute Gasteiger partial charge is 0.508 e. The van der Waals surface area contributed by atoms with Gasteiger partial charge in [0.15, 0.2) is 5.82 Å². The number of hydrogen-bond acceptors (Lipinski definition) is 9. The van der Waals surface area contributed by atoms with Crippen molar-refractivity contribution in [2.24, 2.45) is 23.7 Å². The van der Waals surface area contributed by atoms with E-state index in [1.54, 1.807) is 24.3 Å². The van der Waals surface area contributed by atoms with E-state index < -0.39 is 81.2 Å². The fourth-order valence-electron chi connectivity index (χ4n) is 8.08. The van der Waals surface area contributed by atoms with Crippen molar-refractivity contribution in [3.8, 4) is 11.5 Å². The number of phenols is 1. The number of allylic oxidation sites excluding steroid dienone is 2. The number of hydroxylamine groups is 2. The van der Waals surface area contributed by atoms with Gasteiger partial charge in [-0.3, -0.25) is 29.8 Å². The van der Waals surface area contributed by atoms with Crippen LogP contribution in [0, 0.1) is 23.7 Å². The number of nitrogens with zero attached hydrogens (tertiary/aromatic N) is 3. The molecule has 2 aromatic carbocycles. The summed E-state index contributed by atoms with van der Waals surface area (Å²) in [5.41, 5.74) is 0.370. The molecule has 2 saturated heterocycles. The lowest BCUT2D eigenvalue weighted by Gasteiger charge is -2.50. The smallest absolute Gasteiger partial charge is 0.417 e. The highest BCUT2D eigenvalue weighted by atomic mass is 35.5. The molecule has 2 aliphatic carbocycles. The summed E-state index contributed by atoms with van der Waals surface area (Å²) in [4.78, 5) is 59.7. The number of aromatic nitrogens is 1. The quantitative estimate of drug-likeness (QED) is 0.177. The van der Waals surface area contributed by atoms with Crippen LogP contribution in [0.2, 0.25) is 10.0 Å². The number of imide groups is 2. The van der Waals surface area contributed by atoms with Crippen molar-refractivity contribution in [1.82, 2.24) is 15.1 Å². The number of nitrogens with one attached hydrogen (secondary N) is 1. The lowest BCUT2D eigenvalue weighted by molar-refractivity contribution is -0.173. The van der Waals surface area contributed by atoms with Crippen molar-refractivity contribution >= 4 is 52.6 Å². The molecule has 254 valence electrons. The van der Waals surface area contributed by atoms with Gasteiger partial charge in [-0.1, -0.05) is 53.1 Å². The van der Waals surface area contributed by atoms with E-state index >= 15 is 4.79 Å². The molecule has 6 atom stereocenters. The first-order chi connectivity index (χ1) is 23.2. The fraction of sp³-hybridized carbons (Fsp3) is 0.303. The van der Waals surface area contributed by atoms with Crippen molar-refractivity contribution < 1.29 is 47.4 Å². The Balaban J connectivity index is 1.47. The first kappa shape index (κ1) is 32.9. The molecule has 11 nitrogen and oxygen atoms in total. The van der Waals surface area contributed by atoms with Crippen molar-refractivity contribution in [1.29, 1.82) is 0 Å². The van der Waals surface area contributed by atoms with Gasteiger partial charge in [0.1, 0.15) is 11.5 Å². The minimum absolute atomic E-state index is 0.0150. The molecule has 3 N–H and O–H groups in total. The van der Waals surface area contributed by atoms with Gasteiger partial charge in [0.05, 0.1) is 40.9 Å². The molecule has 0 radical (unpaired) electrons. The Morgan fingerprint density at radius 2 is 1.73 bits per heavy atom. The average molecular weight is 717 g/mol. The van der Waals surface area contributed by atoms with Gasteiger partial charge in [-0.05, 0) is 54.7 Å². The number of anilines is 1. The molecule has 0 unspecified atom stereocenters. The summed E-state index contributed by atoms with van der Waals surface area (Å²) in [5.74, 6) is -9.30. The van der Waals surface area contributed by atoms with Gasteiger partial charge in [0.25, 0.3) is 23.6 Å². The Morgan fingerprint density at radius 1 is 1.02 bits per heavy atom. The van der Waals surface area contributed by atoms with Crippen LogP contribution < -0.4 is 10.2 Å². The van der Waals surface area contributed by atoms with Crippen LogP contribution in [0.3, 0.4) is 0 Å². The van der Waals surface area contributed by atoms with E-state index in [0.717, 1.165) is 0 Å². The molecule has 3 fully saturated rings. The van der Waals surface area contributed by atoms with Crippen LogP contribution in [0.15, 0.2) is 66.4 Å². The lowest BCUT2D eigenvalue weighted by Crippen LogP contribution is -2.53. The second-order valence-electron chi connectivity index (χ2n) is 12.3. The Bertz CT molecular complexity index is 1970. The lowest BCUT2D eigenvalue weighted by atomic mass is 9.49. The van der Waals surface area contributed by atoms with Gasteiger partial charge < -0.3 is 9.84 Å². The van der Waals surface area contributed by atoms with Crippen LogP contribution in [0.25, 0.3) is 0 Å². The number of carbonyl (C=O) groups excluding carboxylic acids is 4. The third-order valence-electron chi connectivity index (χ3n) is 10.1. The standard InChI is InChI=1S/C33H25Cl2F3N4O7/c1-49-23-4-2-3-22(43)25(23)26-17-9-10-18-24(30(46)42(48)28(18)44)19(17)12-20-29(45)41(31(47)32(20,26)14-5-7-16(34)8-6-14)40-27-21(35)11-15(13-39-27)33(36,37)38/h2-9,11,13,18-20,24,26,43,48H,10,12H2,1H3,(H,39,40)/t18-,19+,20-,24-,26+,32+/m0/s1. The number of fused-ring (bicyclic) bond motifs is 4. The number of carbonyl (C=O) groups is 4. The molecule has 1 aromatic heterocycles. The van der Waals surface area contributed by atoms with Crippen molar-refractivity contribution in [3.63, 3.8) is 0 Å². The Morgan fingerprint density at radius 3 is 2.39 bits per heavy atom. The number of phenolic OH excluding ortho intramolecular Hbond substituents is 1. The molecule has 3 aromatic rings. The summed E-state index contributed by atoms with van der Waals surface area (Å²) in [5, 5.41) is 22.3. The van der Waals surface area contributed by atoms with Crippen LogP contribution in [0.5, 0.6) is 11.5 Å². The third-order valence-corrected chi connectivity index (χ3v) is 10.6. The SMILES string of the molecule is COc1cccc(O)c1[C@H]1C2=CC[C@@H]3C(=O)N(O)C(=O)[C@@H]3[C@@H]2C[C@H]2C(=O)N(Nc3ncc(C(F)(F)F)cc3Cl)C(=O)[C@@]12c1ccc(Cl)cc1. The number of methoxy groups -OCH3 is 1. The Hall–Kier alpha value is -4.66. The summed E-state index contributed by atoms with van der Waals surface area (Å²) in [6, 6.07) is 11.2. The molecular formula is C33H25Cl2F3N4O7. The number of ether oxygens (including phenoxy) is 1. The number of aromatic hydroxyl groups is 1. The van der Waals surface area contributed by atoms with E-state index in [1.807, 2.05) is 0 Å². The number of pyridine rings is 1. The van der Waals surface area contributed by atoms with Gasteiger partial charge in [-0.15, -0.1) is 0 Å². The predicted molar refractivity (Wildman–Crippen MR) is 165 cm³/mol. The number of hydrogen-bond donors (Lipinski definition) is 3. The number of halogens is 5. The number of hydrazine groups is 1. The van der Waals surface area contributed by atoms with Gasteiger partial charge in [-0.25, -0.2) is 4.98 Å². The number of amides is 4. The Labute approximate surface area is 285 Å². The molecule has 2 aliphatic heterocycles. The molecule has 16 heteroatoms. The zero-order valence-corrected chi connectivity index (χ0v) is 26.8. The molecule has 4 amide bonds. The van der Waals surface area contributed by atoms with Crippen LogP contribution in [-0.4, -0.2) is 56.1 Å². The van der Waals surface area contributed by atoms with Gasteiger partial charge in [-0.2, -0.15) is 23.2 Å². The second-order valence-corrected chi connectivity index (χ2v) is 13.1. The van der Waals surface area contributed by atoms with Crippen LogP contribution in [0.4, 0.5) is 19.0 Å². The summed E-state index contributed by atoms with van der Waals surface area (Å²) < 4.78 is 45.8. The molecule has 0 spiro atoms. The molecule has 49 heavy (non-hydrogen) atoms. The minimum atomic E-state index is -4.77. The molecule has 4 aliphatic rings. The summed E-state index contributed by atoms with van der Waals surface area (Å²) in [7, 11) is 1.35. The van der Waals surface area contributed by atoms with Crippen LogP contribution in [0.1, 0.15) is 35.4 Å². The average Bonchev–Trinajstić information content (AvgIpc) is 3.42. The van der Waals surface area contributed by atoms with E-state index in [9.17, 15) is 37.9 Å². The predicted octanol–water partition coefficient (Wildman–Crippen LogP) is 5.50. The third kappa shape index (κ3) is 4.71. The normalized spacial score (nSPS) is 27.9. The highest BCUT2D eigenvalue weighted by Crippen LogP contribution is 2.65. The highest BCUT2D eigenvalue weighted by Gasteiger charge is 2.71. The Kier molecular flexibility index (Phi) is 7.69. The molecular weight excluding hydrogens is 692 g/mol. The second kappa shape index (κ2) is 11.5. The summed E-state index contributed by atoms with van der Waals surface area (Å²) in [6.07, 6.45) is -2.72. The summed E-state index contributed by atoms with van der Waals surface area (Å²) >= 11 is 12.4. The molecule has 7 rings (SSSR count). The maximum absolute atomic E-state index is 15.1. The molecule has 0 bridgehead atoms. The minimum Gasteiger partial charge on any atom is -0.508 e. The van der Waals surface area contributed by atoms with Gasteiger partial charge in [0, 0.05) is 22.7 Å². The van der Waals surface area contributed by atoms with Gasteiger partial charge in [0.2, 0.25) is 0 Å². The first-order valence-electron chi connectivity index (χ1n) is 15.0. The van der Waals surface area contributed by atoms with E-state index in [2.05, 4.69) is 10.4 Å². The number of rotatable bonds is 5. The molecule has 1 saturated carbocycles. The van der Waals surface area contributed by atoms with Crippen molar-refractivity contribution in [2.75, 3.05) is 12.5 Å². The summed E-state index contributed by atoms with van der Waals surface area (Å²) in [6.45, 7) is 0. The van der Waals surface area contributed by atoms with E-state index in [1.165, 1.54) is 31.4 Å². The maximum Gasteiger partial charge on any atom is 0.417 e. The fourth-order valence-corrected chi connectivity index (χ4v) is 8.42. The topological polar surface area (TPSA) is 149 Å². The van der Waals surface area contributed by atoms with E-state index in [4.69, 9.17) is 27.9 Å². The van der Waals surface area contributed by atoms with Crippen molar-refractivity contribution in [3.05, 3.63) is 93.1 Å². The number of alkyl halides is 3. The van der Waals surface area contributed by atoms with Crippen molar-refractivity contribution in [2.45, 2.75) is 30.4 Å². The zero-order chi connectivity index (χ0) is 35.2.